The third-order valence-electron chi connectivity index (χ3n) is 3.98. The number of ketones is 2. The fourth-order valence-electron chi connectivity index (χ4n) is 2.31. The molecule has 1 aromatic heterocycles. The number of non-ortho nitro benzene ring substituents is 2. The van der Waals surface area contributed by atoms with Crippen molar-refractivity contribution in [3.8, 4) is 0 Å². The first-order chi connectivity index (χ1) is 14.8. The molecule has 3 rings (SSSR count). The molecule has 0 saturated carbocycles. The quantitative estimate of drug-likeness (QED) is 0.245. The number of nitrogens with zero attached hydrogens (tertiary/aromatic N) is 3. The minimum Gasteiger partial charge on any atom is -0.295 e. The molecule has 0 saturated heterocycles. The number of nitro benzene ring substituents is 2. The molecule has 0 spiro atoms. The molecule has 3 aromatic rings. The molecule has 0 atom stereocenters. The first-order valence-electron chi connectivity index (χ1n) is 8.90. The Labute approximate surface area is 177 Å². The molecule has 0 unspecified atom stereocenters. The number of carbonyl (C=O) groups is 2. The highest BCUT2D eigenvalue weighted by atomic mass is 16.6. The van der Waals surface area contributed by atoms with Crippen LogP contribution in [0, 0.1) is 20.2 Å². The number of allylic oxidation sites excluding steroid dienone is 1. The molecule has 0 amide bonds. The zero-order chi connectivity index (χ0) is 22.8. The topological polar surface area (TPSA) is 133 Å². The minimum atomic E-state index is -0.499. The number of Topliss-reactive ketones (excluding diaryl/α,β-unsaturated/α-hetero) is 1. The van der Waals surface area contributed by atoms with Crippen LogP contribution < -0.4 is 0 Å². The Kier molecular flexibility index (Phi) is 7.97. The van der Waals surface area contributed by atoms with Crippen LogP contribution in [-0.2, 0) is 0 Å². The fraction of sp³-hybridized carbons (Fsp3) is 0.0455. The van der Waals surface area contributed by atoms with Gasteiger partial charge in [0.15, 0.2) is 11.6 Å². The van der Waals surface area contributed by atoms with Gasteiger partial charge in [0.1, 0.15) is 0 Å². The van der Waals surface area contributed by atoms with Crippen LogP contribution >= 0.6 is 0 Å². The van der Waals surface area contributed by atoms with E-state index in [9.17, 15) is 29.8 Å². The van der Waals surface area contributed by atoms with E-state index in [0.717, 1.165) is 5.56 Å². The summed E-state index contributed by atoms with van der Waals surface area (Å²) in [5.41, 5.74) is 1.73. The van der Waals surface area contributed by atoms with Gasteiger partial charge in [-0.1, -0.05) is 6.08 Å². The maximum absolute atomic E-state index is 11.8. The lowest BCUT2D eigenvalue weighted by Crippen LogP contribution is -1.95. The maximum atomic E-state index is 11.8. The Balaban J connectivity index is 0.000000245. The van der Waals surface area contributed by atoms with Crippen molar-refractivity contribution in [3.05, 3.63) is 116 Å². The second kappa shape index (κ2) is 10.9. The fourth-order valence-corrected chi connectivity index (χ4v) is 2.31. The molecule has 0 aliphatic heterocycles. The summed E-state index contributed by atoms with van der Waals surface area (Å²) in [6.45, 7) is 1.42. The van der Waals surface area contributed by atoms with Crippen LogP contribution in [0.15, 0.2) is 79.1 Å². The van der Waals surface area contributed by atoms with E-state index in [1.165, 1.54) is 61.5 Å². The highest BCUT2D eigenvalue weighted by molar-refractivity contribution is 6.06. The summed E-state index contributed by atoms with van der Waals surface area (Å²) in [7, 11) is 0. The summed E-state index contributed by atoms with van der Waals surface area (Å²) in [6.07, 6.45) is 6.37. The second-order valence-corrected chi connectivity index (χ2v) is 6.14. The van der Waals surface area contributed by atoms with Crippen LogP contribution in [0.1, 0.15) is 33.2 Å². The van der Waals surface area contributed by atoms with Crippen molar-refractivity contribution < 1.29 is 19.4 Å². The van der Waals surface area contributed by atoms with Crippen LogP contribution in [-0.4, -0.2) is 26.4 Å². The average molecular weight is 419 g/mol. The second-order valence-electron chi connectivity index (χ2n) is 6.14. The molecule has 31 heavy (non-hydrogen) atoms. The van der Waals surface area contributed by atoms with Gasteiger partial charge >= 0.3 is 0 Å². The average Bonchev–Trinajstić information content (AvgIpc) is 2.78. The van der Waals surface area contributed by atoms with E-state index in [-0.39, 0.29) is 22.9 Å². The van der Waals surface area contributed by atoms with E-state index in [0.29, 0.717) is 11.1 Å². The third kappa shape index (κ3) is 7.09. The van der Waals surface area contributed by atoms with Crippen molar-refractivity contribution in [3.63, 3.8) is 0 Å². The Hall–Kier alpha value is -4.53. The predicted octanol–water partition coefficient (Wildman–Crippen LogP) is 4.68. The largest absolute Gasteiger partial charge is 0.295 e. The molecule has 0 bridgehead atoms. The summed E-state index contributed by atoms with van der Waals surface area (Å²) < 4.78 is 0. The summed E-state index contributed by atoms with van der Waals surface area (Å²) in [5, 5.41) is 20.7. The molecule has 0 aliphatic rings. The van der Waals surface area contributed by atoms with Crippen LogP contribution in [0.3, 0.4) is 0 Å². The van der Waals surface area contributed by atoms with E-state index in [1.54, 1.807) is 30.6 Å². The van der Waals surface area contributed by atoms with Gasteiger partial charge in [0, 0.05) is 47.8 Å². The van der Waals surface area contributed by atoms with Gasteiger partial charge in [-0.3, -0.25) is 34.8 Å². The van der Waals surface area contributed by atoms with Crippen LogP contribution in [0.2, 0.25) is 0 Å². The Bertz CT molecular complexity index is 1080. The summed E-state index contributed by atoms with van der Waals surface area (Å²) >= 11 is 0. The number of hydrogen-bond donors (Lipinski definition) is 0. The van der Waals surface area contributed by atoms with Crippen molar-refractivity contribution in [1.29, 1.82) is 0 Å². The van der Waals surface area contributed by atoms with Crippen LogP contribution in [0.25, 0.3) is 6.08 Å². The Morgan fingerprint density at radius 1 is 0.774 bits per heavy atom. The summed E-state index contributed by atoms with van der Waals surface area (Å²) in [5.74, 6) is -0.295. The molecule has 0 N–H and O–H groups in total. The monoisotopic (exact) mass is 419 g/mol. The maximum Gasteiger partial charge on any atom is 0.269 e. The Morgan fingerprint density at radius 2 is 1.23 bits per heavy atom. The summed E-state index contributed by atoms with van der Waals surface area (Å²) in [6, 6.07) is 14.6. The van der Waals surface area contributed by atoms with Crippen molar-refractivity contribution in [2.24, 2.45) is 0 Å². The molecule has 9 heteroatoms. The molecule has 0 radical (unpaired) electrons. The summed E-state index contributed by atoms with van der Waals surface area (Å²) in [4.78, 5) is 46.2. The number of hydrogen-bond acceptors (Lipinski definition) is 7. The number of pyridine rings is 1. The first kappa shape index (κ1) is 22.8. The van der Waals surface area contributed by atoms with Gasteiger partial charge in [0.2, 0.25) is 0 Å². The third-order valence-corrected chi connectivity index (χ3v) is 3.98. The van der Waals surface area contributed by atoms with Gasteiger partial charge in [0.25, 0.3) is 11.4 Å². The number of rotatable bonds is 6. The molecular formula is C22H17N3O6. The smallest absolute Gasteiger partial charge is 0.269 e. The van der Waals surface area contributed by atoms with E-state index in [1.807, 2.05) is 0 Å². The standard InChI is InChI=1S/C14H10N2O3.C8H7NO3/c17-14(6-1-11-7-9-15-10-8-11)12-2-4-13(5-3-12)16(18)19;1-6(10)7-2-4-8(5-3-7)9(11)12/h1-10H;2-5H,1H3/b6-1+;. The number of aromatic nitrogens is 1. The van der Waals surface area contributed by atoms with Crippen LogP contribution in [0.4, 0.5) is 11.4 Å². The van der Waals surface area contributed by atoms with Crippen molar-refractivity contribution in [1.82, 2.24) is 4.98 Å². The van der Waals surface area contributed by atoms with E-state index < -0.39 is 9.85 Å². The van der Waals surface area contributed by atoms with Crippen molar-refractivity contribution in [2.75, 3.05) is 0 Å². The van der Waals surface area contributed by atoms with Gasteiger partial charge in [-0.25, -0.2) is 0 Å². The van der Waals surface area contributed by atoms with Crippen LogP contribution in [0.5, 0.6) is 0 Å². The van der Waals surface area contributed by atoms with E-state index in [4.69, 9.17) is 0 Å². The zero-order valence-electron chi connectivity index (χ0n) is 16.4. The molecule has 9 nitrogen and oxygen atoms in total. The SMILES string of the molecule is CC(=O)c1ccc([N+](=O)[O-])cc1.O=C(/C=C/c1ccncc1)c1ccc([N+](=O)[O-])cc1. The number of nitro groups is 2. The van der Waals surface area contributed by atoms with Gasteiger partial charge in [0.05, 0.1) is 9.85 Å². The molecule has 1 heterocycles. The highest BCUT2D eigenvalue weighted by Gasteiger charge is 2.07. The van der Waals surface area contributed by atoms with Crippen molar-refractivity contribution >= 4 is 29.0 Å². The first-order valence-corrected chi connectivity index (χ1v) is 8.90. The highest BCUT2D eigenvalue weighted by Crippen LogP contribution is 2.13. The minimum absolute atomic E-state index is 0.000000000000000222. The Morgan fingerprint density at radius 3 is 1.65 bits per heavy atom. The number of benzene rings is 2. The van der Waals surface area contributed by atoms with E-state index >= 15 is 0 Å². The van der Waals surface area contributed by atoms with Gasteiger partial charge in [-0.05, 0) is 55.0 Å². The lowest BCUT2D eigenvalue weighted by Gasteiger charge is -1.96. The molecule has 156 valence electrons. The number of carbonyl (C=O) groups excluding carboxylic acids is 2. The lowest BCUT2D eigenvalue weighted by molar-refractivity contribution is -0.385. The zero-order valence-corrected chi connectivity index (χ0v) is 16.4. The van der Waals surface area contributed by atoms with Gasteiger partial charge < -0.3 is 0 Å². The van der Waals surface area contributed by atoms with E-state index in [2.05, 4.69) is 4.98 Å². The lowest BCUT2D eigenvalue weighted by atomic mass is 10.1. The molecule has 2 aromatic carbocycles. The van der Waals surface area contributed by atoms with Gasteiger partial charge in [-0.15, -0.1) is 0 Å². The molecular weight excluding hydrogens is 402 g/mol. The normalized spacial score (nSPS) is 10.1. The molecule has 0 fully saturated rings. The molecule has 0 aliphatic carbocycles. The van der Waals surface area contributed by atoms with Crippen molar-refractivity contribution in [2.45, 2.75) is 6.92 Å². The van der Waals surface area contributed by atoms with Gasteiger partial charge in [-0.2, -0.15) is 0 Å². The predicted molar refractivity (Wildman–Crippen MR) is 114 cm³/mol.